The fourth-order valence-electron chi connectivity index (χ4n) is 4.60. The van der Waals surface area contributed by atoms with E-state index in [1.807, 2.05) is 41.3 Å². The minimum Gasteiger partial charge on any atom is -0.336 e. The number of benzene rings is 3. The van der Waals surface area contributed by atoms with Crippen LogP contribution < -0.4 is 5.32 Å². The Labute approximate surface area is 195 Å². The SMILES string of the molecule is O=C(Nc1ccccc1C(=O)N1CCN(C(c2ccccc2)c2ccccc2)CC1)C1CC1. The summed E-state index contributed by atoms with van der Waals surface area (Å²) in [6.07, 6.45) is 1.88. The van der Waals surface area contributed by atoms with Crippen LogP contribution in [0.2, 0.25) is 0 Å². The molecule has 5 nitrogen and oxygen atoms in total. The molecule has 1 aliphatic heterocycles. The molecule has 3 aromatic carbocycles. The zero-order valence-corrected chi connectivity index (χ0v) is 18.7. The molecule has 1 saturated carbocycles. The lowest BCUT2D eigenvalue weighted by molar-refractivity contribution is -0.117. The van der Waals surface area contributed by atoms with E-state index in [2.05, 4.69) is 58.7 Å². The van der Waals surface area contributed by atoms with E-state index >= 15 is 0 Å². The smallest absolute Gasteiger partial charge is 0.256 e. The number of amides is 2. The number of nitrogens with zero attached hydrogens (tertiary/aromatic N) is 2. The summed E-state index contributed by atoms with van der Waals surface area (Å²) in [7, 11) is 0. The number of anilines is 1. The molecule has 2 aliphatic rings. The fraction of sp³-hybridized carbons (Fsp3) is 0.286. The third-order valence-corrected chi connectivity index (χ3v) is 6.56. The van der Waals surface area contributed by atoms with E-state index in [-0.39, 0.29) is 23.8 Å². The van der Waals surface area contributed by atoms with Crippen LogP contribution >= 0.6 is 0 Å². The molecule has 0 unspecified atom stereocenters. The molecule has 0 bridgehead atoms. The molecule has 0 aromatic heterocycles. The summed E-state index contributed by atoms with van der Waals surface area (Å²) in [6, 6.07) is 28.6. The highest BCUT2D eigenvalue weighted by molar-refractivity contribution is 6.04. The number of hydrogen-bond acceptors (Lipinski definition) is 3. The van der Waals surface area contributed by atoms with Crippen molar-refractivity contribution in [3.05, 3.63) is 102 Å². The first-order valence-corrected chi connectivity index (χ1v) is 11.7. The Bertz CT molecular complexity index is 1060. The van der Waals surface area contributed by atoms with Gasteiger partial charge in [-0.3, -0.25) is 14.5 Å². The molecule has 1 aliphatic carbocycles. The minimum absolute atomic E-state index is 0.0164. The van der Waals surface area contributed by atoms with Crippen molar-refractivity contribution >= 4 is 17.5 Å². The molecular weight excluding hydrogens is 410 g/mol. The molecular formula is C28H29N3O2. The highest BCUT2D eigenvalue weighted by Crippen LogP contribution is 2.32. The Morgan fingerprint density at radius 3 is 1.85 bits per heavy atom. The Morgan fingerprint density at radius 2 is 1.27 bits per heavy atom. The van der Waals surface area contributed by atoms with Gasteiger partial charge in [-0.1, -0.05) is 72.8 Å². The Kier molecular flexibility index (Phi) is 6.22. The van der Waals surface area contributed by atoms with Gasteiger partial charge in [-0.25, -0.2) is 0 Å². The number of carbonyl (C=O) groups is 2. The van der Waals surface area contributed by atoms with Gasteiger partial charge in [-0.05, 0) is 36.1 Å². The van der Waals surface area contributed by atoms with Crippen LogP contribution in [0, 0.1) is 5.92 Å². The Morgan fingerprint density at radius 1 is 0.727 bits per heavy atom. The zero-order valence-electron chi connectivity index (χ0n) is 18.7. The second-order valence-corrected chi connectivity index (χ2v) is 8.86. The van der Waals surface area contributed by atoms with E-state index in [1.54, 1.807) is 0 Å². The van der Waals surface area contributed by atoms with Crippen LogP contribution in [0.1, 0.15) is 40.4 Å². The Balaban J connectivity index is 1.30. The zero-order chi connectivity index (χ0) is 22.6. The van der Waals surface area contributed by atoms with Crippen LogP contribution in [0.25, 0.3) is 0 Å². The van der Waals surface area contributed by atoms with Crippen LogP contribution in [0.4, 0.5) is 5.69 Å². The summed E-state index contributed by atoms with van der Waals surface area (Å²) in [5, 5.41) is 2.97. The van der Waals surface area contributed by atoms with Gasteiger partial charge in [0.05, 0.1) is 17.3 Å². The molecule has 2 fully saturated rings. The predicted octanol–water partition coefficient (Wildman–Crippen LogP) is 4.58. The lowest BCUT2D eigenvalue weighted by Crippen LogP contribution is -2.50. The van der Waals surface area contributed by atoms with Crippen molar-refractivity contribution in [2.75, 3.05) is 31.5 Å². The maximum atomic E-state index is 13.4. The van der Waals surface area contributed by atoms with Crippen molar-refractivity contribution in [2.24, 2.45) is 5.92 Å². The summed E-state index contributed by atoms with van der Waals surface area (Å²) in [5.74, 6) is 0.107. The summed E-state index contributed by atoms with van der Waals surface area (Å²) in [5.41, 5.74) is 3.71. The molecule has 0 atom stereocenters. The molecule has 0 radical (unpaired) electrons. The molecule has 1 saturated heterocycles. The normalized spacial score (nSPS) is 16.6. The van der Waals surface area contributed by atoms with Gasteiger partial charge in [0.2, 0.25) is 5.91 Å². The third kappa shape index (κ3) is 4.83. The van der Waals surface area contributed by atoms with Crippen molar-refractivity contribution in [3.63, 3.8) is 0 Å². The molecule has 168 valence electrons. The maximum absolute atomic E-state index is 13.4. The number of hydrogen-bond donors (Lipinski definition) is 1. The molecule has 5 rings (SSSR count). The van der Waals surface area contributed by atoms with E-state index in [0.29, 0.717) is 24.3 Å². The molecule has 1 heterocycles. The lowest BCUT2D eigenvalue weighted by Gasteiger charge is -2.40. The van der Waals surface area contributed by atoms with Gasteiger partial charge in [-0.2, -0.15) is 0 Å². The van der Waals surface area contributed by atoms with Gasteiger partial charge in [0.25, 0.3) is 5.91 Å². The third-order valence-electron chi connectivity index (χ3n) is 6.56. The number of carbonyl (C=O) groups excluding carboxylic acids is 2. The van der Waals surface area contributed by atoms with Crippen molar-refractivity contribution < 1.29 is 9.59 Å². The van der Waals surface area contributed by atoms with E-state index in [0.717, 1.165) is 25.9 Å². The van der Waals surface area contributed by atoms with Crippen molar-refractivity contribution in [2.45, 2.75) is 18.9 Å². The van der Waals surface area contributed by atoms with Crippen molar-refractivity contribution in [3.8, 4) is 0 Å². The summed E-state index contributed by atoms with van der Waals surface area (Å²) in [6.45, 7) is 2.88. The first-order chi connectivity index (χ1) is 16.2. The summed E-state index contributed by atoms with van der Waals surface area (Å²) in [4.78, 5) is 30.0. The van der Waals surface area contributed by atoms with E-state index in [9.17, 15) is 9.59 Å². The van der Waals surface area contributed by atoms with E-state index in [1.165, 1.54) is 11.1 Å². The highest BCUT2D eigenvalue weighted by Gasteiger charge is 2.32. The molecule has 1 N–H and O–H groups in total. The van der Waals surface area contributed by atoms with Gasteiger partial charge < -0.3 is 10.2 Å². The number of para-hydroxylation sites is 1. The molecule has 2 amide bonds. The average Bonchev–Trinajstić information content (AvgIpc) is 3.72. The first-order valence-electron chi connectivity index (χ1n) is 11.7. The monoisotopic (exact) mass is 439 g/mol. The fourth-order valence-corrected chi connectivity index (χ4v) is 4.60. The average molecular weight is 440 g/mol. The van der Waals surface area contributed by atoms with Crippen molar-refractivity contribution in [1.29, 1.82) is 0 Å². The quantitative estimate of drug-likeness (QED) is 0.612. The van der Waals surface area contributed by atoms with Crippen LogP contribution in [0.15, 0.2) is 84.9 Å². The van der Waals surface area contributed by atoms with Gasteiger partial charge in [0, 0.05) is 32.1 Å². The van der Waals surface area contributed by atoms with Gasteiger partial charge in [0.1, 0.15) is 0 Å². The molecule has 5 heteroatoms. The summed E-state index contributed by atoms with van der Waals surface area (Å²) >= 11 is 0. The van der Waals surface area contributed by atoms with E-state index < -0.39 is 0 Å². The summed E-state index contributed by atoms with van der Waals surface area (Å²) < 4.78 is 0. The second-order valence-electron chi connectivity index (χ2n) is 8.86. The van der Waals surface area contributed by atoms with Crippen LogP contribution in [0.3, 0.4) is 0 Å². The topological polar surface area (TPSA) is 52.7 Å². The predicted molar refractivity (Wildman–Crippen MR) is 130 cm³/mol. The highest BCUT2D eigenvalue weighted by atomic mass is 16.2. The van der Waals surface area contributed by atoms with Gasteiger partial charge >= 0.3 is 0 Å². The van der Waals surface area contributed by atoms with E-state index in [4.69, 9.17) is 0 Å². The van der Waals surface area contributed by atoms with Gasteiger partial charge in [0.15, 0.2) is 0 Å². The number of piperazine rings is 1. The lowest BCUT2D eigenvalue weighted by atomic mass is 9.96. The van der Waals surface area contributed by atoms with Gasteiger partial charge in [-0.15, -0.1) is 0 Å². The Hall–Kier alpha value is -3.44. The molecule has 3 aromatic rings. The largest absolute Gasteiger partial charge is 0.336 e. The second kappa shape index (κ2) is 9.59. The minimum atomic E-state index is -0.0164. The van der Waals surface area contributed by atoms with Crippen LogP contribution in [0.5, 0.6) is 0 Å². The molecule has 33 heavy (non-hydrogen) atoms. The number of rotatable bonds is 6. The molecule has 0 spiro atoms. The number of nitrogens with one attached hydrogen (secondary N) is 1. The van der Waals surface area contributed by atoms with Crippen LogP contribution in [-0.4, -0.2) is 47.8 Å². The van der Waals surface area contributed by atoms with Crippen LogP contribution in [-0.2, 0) is 4.79 Å². The standard InChI is InChI=1S/C28H29N3O2/c32-27(23-15-16-23)29-25-14-8-7-13-24(25)28(33)31-19-17-30(18-20-31)26(21-9-3-1-4-10-21)22-11-5-2-6-12-22/h1-14,23,26H,15-20H2,(H,29,32). The first kappa shape index (κ1) is 21.4. The maximum Gasteiger partial charge on any atom is 0.256 e. The van der Waals surface area contributed by atoms with Crippen molar-refractivity contribution in [1.82, 2.24) is 9.80 Å².